The molecule has 1 atom stereocenters. The molecule has 0 aliphatic rings. The maximum absolute atomic E-state index is 12.8. The minimum absolute atomic E-state index is 0.248. The predicted molar refractivity (Wildman–Crippen MR) is 86.2 cm³/mol. The maximum Gasteiger partial charge on any atom is 0.260 e. The topological polar surface area (TPSA) is 47.6 Å². The highest BCUT2D eigenvalue weighted by Crippen LogP contribution is 2.13. The van der Waals surface area contributed by atoms with Gasteiger partial charge in [0, 0.05) is 0 Å². The van der Waals surface area contributed by atoms with Crippen molar-refractivity contribution in [2.45, 2.75) is 20.0 Å². The molecule has 2 aromatic rings. The van der Waals surface area contributed by atoms with Crippen molar-refractivity contribution >= 4 is 5.91 Å². The van der Waals surface area contributed by atoms with Crippen LogP contribution in [0.25, 0.3) is 0 Å². The predicted octanol–water partition coefficient (Wildman–Crippen LogP) is 3.10. The molecule has 0 radical (unpaired) electrons. The van der Waals surface area contributed by atoms with Gasteiger partial charge in [-0.05, 0) is 50.2 Å². The number of hydrogen-bond donors (Lipinski definition) is 1. The van der Waals surface area contributed by atoms with Crippen LogP contribution in [0.1, 0.15) is 12.5 Å². The van der Waals surface area contributed by atoms with Crippen molar-refractivity contribution in [3.05, 3.63) is 59.9 Å². The van der Waals surface area contributed by atoms with Gasteiger partial charge in [0.25, 0.3) is 5.91 Å². The Balaban J connectivity index is 1.69. The number of benzene rings is 2. The van der Waals surface area contributed by atoms with Crippen LogP contribution in [0.5, 0.6) is 11.5 Å². The van der Waals surface area contributed by atoms with Crippen molar-refractivity contribution in [2.75, 3.05) is 13.2 Å². The summed E-state index contributed by atoms with van der Waals surface area (Å²) >= 11 is 0. The number of aryl methyl sites for hydroxylation is 1. The van der Waals surface area contributed by atoms with Crippen molar-refractivity contribution in [1.29, 1.82) is 0 Å². The summed E-state index contributed by atoms with van der Waals surface area (Å²) in [5.74, 6) is 0.620. The first-order valence-corrected chi connectivity index (χ1v) is 7.44. The fraction of sp³-hybridized carbons (Fsp3) is 0.278. The van der Waals surface area contributed by atoms with Crippen LogP contribution in [-0.2, 0) is 4.79 Å². The number of halogens is 1. The van der Waals surface area contributed by atoms with Crippen LogP contribution in [0, 0.1) is 12.7 Å². The SMILES string of the molecule is Cc1ccc(OCCNC(=O)[C@@H](C)Oc2ccc(F)cc2)cc1. The molecule has 2 rings (SSSR count). The van der Waals surface area contributed by atoms with E-state index in [-0.39, 0.29) is 11.7 Å². The quantitative estimate of drug-likeness (QED) is 0.798. The van der Waals surface area contributed by atoms with Crippen LogP contribution in [0.3, 0.4) is 0 Å². The summed E-state index contributed by atoms with van der Waals surface area (Å²) < 4.78 is 23.8. The molecule has 0 unspecified atom stereocenters. The molecule has 1 amide bonds. The molecule has 0 spiro atoms. The molecule has 0 saturated heterocycles. The highest BCUT2D eigenvalue weighted by molar-refractivity contribution is 5.80. The van der Waals surface area contributed by atoms with E-state index in [9.17, 15) is 9.18 Å². The van der Waals surface area contributed by atoms with Gasteiger partial charge in [-0.25, -0.2) is 4.39 Å². The van der Waals surface area contributed by atoms with Crippen LogP contribution in [0.4, 0.5) is 4.39 Å². The van der Waals surface area contributed by atoms with Gasteiger partial charge in [-0.2, -0.15) is 0 Å². The lowest BCUT2D eigenvalue weighted by Gasteiger charge is -2.15. The number of hydrogen-bond acceptors (Lipinski definition) is 3. The summed E-state index contributed by atoms with van der Waals surface area (Å²) in [4.78, 5) is 11.9. The van der Waals surface area contributed by atoms with Crippen LogP contribution in [-0.4, -0.2) is 25.2 Å². The van der Waals surface area contributed by atoms with E-state index >= 15 is 0 Å². The first-order chi connectivity index (χ1) is 11.0. The highest BCUT2D eigenvalue weighted by atomic mass is 19.1. The molecule has 5 heteroatoms. The second-order valence-corrected chi connectivity index (χ2v) is 5.17. The summed E-state index contributed by atoms with van der Waals surface area (Å²) in [6.07, 6.45) is -0.667. The second kappa shape index (κ2) is 8.17. The normalized spacial score (nSPS) is 11.6. The van der Waals surface area contributed by atoms with E-state index in [1.54, 1.807) is 6.92 Å². The number of carbonyl (C=O) groups is 1. The zero-order chi connectivity index (χ0) is 16.7. The van der Waals surface area contributed by atoms with Crippen molar-refractivity contribution < 1.29 is 18.7 Å². The Bertz CT molecular complexity index is 626. The average Bonchev–Trinajstić information content (AvgIpc) is 2.55. The monoisotopic (exact) mass is 317 g/mol. The summed E-state index contributed by atoms with van der Waals surface area (Å²) in [6.45, 7) is 4.40. The molecular formula is C18H20FNO3. The Hall–Kier alpha value is -2.56. The molecule has 4 nitrogen and oxygen atoms in total. The zero-order valence-electron chi connectivity index (χ0n) is 13.2. The van der Waals surface area contributed by atoms with Gasteiger partial charge in [0.05, 0.1) is 6.54 Å². The molecule has 0 aromatic heterocycles. The van der Waals surface area contributed by atoms with Crippen molar-refractivity contribution in [1.82, 2.24) is 5.32 Å². The molecule has 122 valence electrons. The minimum atomic E-state index is -0.667. The van der Waals surface area contributed by atoms with E-state index in [2.05, 4.69) is 5.32 Å². The van der Waals surface area contributed by atoms with E-state index in [1.165, 1.54) is 24.3 Å². The third-order valence-electron chi connectivity index (χ3n) is 3.19. The molecule has 0 aliphatic heterocycles. The average molecular weight is 317 g/mol. The molecule has 0 saturated carbocycles. The Morgan fingerprint density at radius 3 is 2.35 bits per heavy atom. The van der Waals surface area contributed by atoms with Gasteiger partial charge < -0.3 is 14.8 Å². The number of rotatable bonds is 7. The Morgan fingerprint density at radius 2 is 1.70 bits per heavy atom. The highest BCUT2D eigenvalue weighted by Gasteiger charge is 2.14. The standard InChI is InChI=1S/C18H20FNO3/c1-13-3-7-16(8-4-13)22-12-11-20-18(21)14(2)23-17-9-5-15(19)6-10-17/h3-10,14H,11-12H2,1-2H3,(H,20,21)/t14-/m1/s1. The smallest absolute Gasteiger partial charge is 0.260 e. The van der Waals surface area contributed by atoms with Gasteiger partial charge in [0.2, 0.25) is 0 Å². The number of amides is 1. The summed E-state index contributed by atoms with van der Waals surface area (Å²) in [7, 11) is 0. The van der Waals surface area contributed by atoms with Gasteiger partial charge in [-0.15, -0.1) is 0 Å². The molecule has 0 aliphatic carbocycles. The van der Waals surface area contributed by atoms with Crippen molar-refractivity contribution in [2.24, 2.45) is 0 Å². The number of carbonyl (C=O) groups excluding carboxylic acids is 1. The molecular weight excluding hydrogens is 297 g/mol. The molecule has 1 N–H and O–H groups in total. The van der Waals surface area contributed by atoms with Gasteiger partial charge in [0.1, 0.15) is 23.9 Å². The third kappa shape index (κ3) is 5.62. The maximum atomic E-state index is 12.8. The molecule has 23 heavy (non-hydrogen) atoms. The number of ether oxygens (including phenoxy) is 2. The van der Waals surface area contributed by atoms with E-state index in [1.807, 2.05) is 31.2 Å². The lowest BCUT2D eigenvalue weighted by molar-refractivity contribution is -0.127. The van der Waals surface area contributed by atoms with E-state index < -0.39 is 6.10 Å². The lowest BCUT2D eigenvalue weighted by Crippen LogP contribution is -2.38. The van der Waals surface area contributed by atoms with Gasteiger partial charge in [0.15, 0.2) is 6.10 Å². The second-order valence-electron chi connectivity index (χ2n) is 5.17. The van der Waals surface area contributed by atoms with E-state index in [0.29, 0.717) is 18.9 Å². The van der Waals surface area contributed by atoms with Crippen LogP contribution < -0.4 is 14.8 Å². The fourth-order valence-corrected chi connectivity index (χ4v) is 1.89. The Labute approximate surface area is 135 Å². The van der Waals surface area contributed by atoms with Crippen molar-refractivity contribution in [3.63, 3.8) is 0 Å². The number of nitrogens with one attached hydrogen (secondary N) is 1. The first kappa shape index (κ1) is 16.8. The van der Waals surface area contributed by atoms with Crippen LogP contribution in [0.2, 0.25) is 0 Å². The van der Waals surface area contributed by atoms with Crippen LogP contribution in [0.15, 0.2) is 48.5 Å². The third-order valence-corrected chi connectivity index (χ3v) is 3.19. The van der Waals surface area contributed by atoms with Gasteiger partial charge in [-0.3, -0.25) is 4.79 Å². The van der Waals surface area contributed by atoms with E-state index in [0.717, 1.165) is 11.3 Å². The molecule has 2 aromatic carbocycles. The Morgan fingerprint density at radius 1 is 1.09 bits per heavy atom. The summed E-state index contributed by atoms with van der Waals surface area (Å²) in [6, 6.07) is 13.2. The Kier molecular flexibility index (Phi) is 5.97. The summed E-state index contributed by atoms with van der Waals surface area (Å²) in [5.41, 5.74) is 1.16. The molecule has 0 bridgehead atoms. The molecule has 0 fully saturated rings. The van der Waals surface area contributed by atoms with Gasteiger partial charge >= 0.3 is 0 Å². The van der Waals surface area contributed by atoms with Gasteiger partial charge in [-0.1, -0.05) is 17.7 Å². The van der Waals surface area contributed by atoms with Crippen molar-refractivity contribution in [3.8, 4) is 11.5 Å². The lowest BCUT2D eigenvalue weighted by atomic mass is 10.2. The zero-order valence-corrected chi connectivity index (χ0v) is 13.2. The molecule has 0 heterocycles. The fourth-order valence-electron chi connectivity index (χ4n) is 1.89. The largest absolute Gasteiger partial charge is 0.492 e. The summed E-state index contributed by atoms with van der Waals surface area (Å²) in [5, 5.41) is 2.73. The first-order valence-electron chi connectivity index (χ1n) is 7.44. The van der Waals surface area contributed by atoms with E-state index in [4.69, 9.17) is 9.47 Å². The minimum Gasteiger partial charge on any atom is -0.492 e. The van der Waals surface area contributed by atoms with Crippen LogP contribution >= 0.6 is 0 Å².